The van der Waals surface area contributed by atoms with Gasteiger partial charge in [0.15, 0.2) is 0 Å². The number of anilines is 1. The number of carbonyl (C=O) groups excluding carboxylic acids is 1. The molecule has 3 aromatic carbocycles. The van der Waals surface area contributed by atoms with Crippen LogP contribution in [0.1, 0.15) is 53.2 Å². The number of nitrogens with zero attached hydrogens (tertiary/aromatic N) is 2. The first kappa shape index (κ1) is 28.9. The Bertz CT molecular complexity index is 1410. The molecule has 1 saturated heterocycles. The second-order valence-electron chi connectivity index (χ2n) is 10.8. The molecule has 2 aliphatic rings. The van der Waals surface area contributed by atoms with Crippen molar-refractivity contribution in [3.63, 3.8) is 0 Å². The van der Waals surface area contributed by atoms with Crippen LogP contribution < -0.4 is 9.62 Å². The van der Waals surface area contributed by atoms with E-state index in [4.69, 9.17) is 23.2 Å². The standard InChI is InChI=1S/C30H33Cl2N3O4S/c1-40(38,39)35(26-6-4-5-23(17-26)29(37)33-30(20-36)15-2-3-16-30)27-18-34(19-27)28(21-7-11-24(31)12-8-21)22-9-13-25(32)14-10-22/h4-14,17,27-28,36H,2-3,15-16,18-20H2,1H3,(H,33,37). The first-order chi connectivity index (χ1) is 19.1. The summed E-state index contributed by atoms with van der Waals surface area (Å²) in [5, 5.41) is 14.2. The van der Waals surface area contributed by atoms with Crippen molar-refractivity contribution in [2.45, 2.75) is 43.3 Å². The molecule has 0 atom stereocenters. The highest BCUT2D eigenvalue weighted by Gasteiger charge is 2.41. The monoisotopic (exact) mass is 601 g/mol. The average molecular weight is 603 g/mol. The zero-order chi connectivity index (χ0) is 28.5. The summed E-state index contributed by atoms with van der Waals surface area (Å²) in [5.41, 5.74) is 2.27. The maximum atomic E-state index is 13.1. The lowest BCUT2D eigenvalue weighted by atomic mass is 9.93. The Labute approximate surface area is 245 Å². The number of sulfonamides is 1. The van der Waals surface area contributed by atoms with Gasteiger partial charge in [0, 0.05) is 28.7 Å². The van der Waals surface area contributed by atoms with E-state index in [2.05, 4.69) is 10.2 Å². The van der Waals surface area contributed by atoms with Gasteiger partial charge in [-0.3, -0.25) is 14.0 Å². The van der Waals surface area contributed by atoms with E-state index in [-0.39, 0.29) is 24.6 Å². The van der Waals surface area contributed by atoms with Gasteiger partial charge in [-0.2, -0.15) is 0 Å². The van der Waals surface area contributed by atoms with Crippen molar-refractivity contribution in [2.75, 3.05) is 30.3 Å². The molecular formula is C30H33Cl2N3O4S. The molecule has 3 aromatic rings. The Balaban J connectivity index is 1.38. The van der Waals surface area contributed by atoms with Gasteiger partial charge in [0.2, 0.25) is 10.0 Å². The van der Waals surface area contributed by atoms with E-state index in [1.165, 1.54) is 10.6 Å². The maximum absolute atomic E-state index is 13.1. The van der Waals surface area contributed by atoms with Crippen molar-refractivity contribution < 1.29 is 18.3 Å². The number of amides is 1. The number of benzene rings is 3. The zero-order valence-corrected chi connectivity index (χ0v) is 24.6. The summed E-state index contributed by atoms with van der Waals surface area (Å²) in [6.07, 6.45) is 4.55. The van der Waals surface area contributed by atoms with Crippen molar-refractivity contribution in [2.24, 2.45) is 0 Å². The van der Waals surface area contributed by atoms with Crippen LogP contribution in [-0.4, -0.2) is 61.9 Å². The molecule has 1 aliphatic carbocycles. The summed E-state index contributed by atoms with van der Waals surface area (Å²) >= 11 is 12.3. The van der Waals surface area contributed by atoms with Crippen molar-refractivity contribution in [1.82, 2.24) is 10.2 Å². The number of carbonyl (C=O) groups is 1. The highest BCUT2D eigenvalue weighted by Crippen LogP contribution is 2.37. The van der Waals surface area contributed by atoms with Gasteiger partial charge in [-0.25, -0.2) is 8.42 Å². The van der Waals surface area contributed by atoms with Crippen molar-refractivity contribution in [1.29, 1.82) is 0 Å². The third-order valence-electron chi connectivity index (χ3n) is 7.92. The predicted molar refractivity (Wildman–Crippen MR) is 160 cm³/mol. The summed E-state index contributed by atoms with van der Waals surface area (Å²) in [6.45, 7) is 0.869. The second kappa shape index (κ2) is 11.7. The SMILES string of the molecule is CS(=O)(=O)N(c1cccc(C(=O)NC2(CO)CCCC2)c1)C1CN(C(c2ccc(Cl)cc2)c2ccc(Cl)cc2)C1. The highest BCUT2D eigenvalue weighted by molar-refractivity contribution is 7.92. The second-order valence-corrected chi connectivity index (χ2v) is 13.6. The summed E-state index contributed by atoms with van der Waals surface area (Å²) in [4.78, 5) is 15.3. The number of likely N-dealkylation sites (tertiary alicyclic amines) is 1. The van der Waals surface area contributed by atoms with Gasteiger partial charge in [0.1, 0.15) is 0 Å². The third kappa shape index (κ3) is 6.16. The molecule has 0 spiro atoms. The Morgan fingerprint density at radius 3 is 2.05 bits per heavy atom. The van der Waals surface area contributed by atoms with E-state index >= 15 is 0 Å². The fourth-order valence-electron chi connectivity index (χ4n) is 5.90. The van der Waals surface area contributed by atoms with Gasteiger partial charge < -0.3 is 10.4 Å². The molecule has 0 unspecified atom stereocenters. The molecule has 1 amide bonds. The Morgan fingerprint density at radius 2 is 1.55 bits per heavy atom. The molecule has 5 rings (SSSR count). The summed E-state index contributed by atoms with van der Waals surface area (Å²) in [5.74, 6) is -0.313. The number of halogens is 2. The van der Waals surface area contributed by atoms with Crippen LogP contribution in [0.2, 0.25) is 10.0 Å². The van der Waals surface area contributed by atoms with E-state index in [0.717, 1.165) is 36.8 Å². The van der Waals surface area contributed by atoms with Gasteiger partial charge in [-0.15, -0.1) is 0 Å². The minimum atomic E-state index is -3.65. The number of aliphatic hydroxyl groups is 1. The lowest BCUT2D eigenvalue weighted by Gasteiger charge is -2.48. The Kier molecular flexibility index (Phi) is 8.45. The molecule has 1 saturated carbocycles. The van der Waals surface area contributed by atoms with Crippen LogP contribution in [0.25, 0.3) is 0 Å². The van der Waals surface area contributed by atoms with E-state index in [1.807, 2.05) is 48.5 Å². The number of hydrogen-bond acceptors (Lipinski definition) is 5. The average Bonchev–Trinajstić information content (AvgIpc) is 3.37. The molecule has 40 heavy (non-hydrogen) atoms. The quantitative estimate of drug-likeness (QED) is 0.349. The summed E-state index contributed by atoms with van der Waals surface area (Å²) < 4.78 is 27.5. The number of rotatable bonds is 9. The molecule has 212 valence electrons. The normalized spacial score (nSPS) is 17.5. The van der Waals surface area contributed by atoms with E-state index < -0.39 is 15.6 Å². The van der Waals surface area contributed by atoms with Gasteiger partial charge in [0.05, 0.1) is 36.2 Å². The molecule has 7 nitrogen and oxygen atoms in total. The van der Waals surface area contributed by atoms with Crippen LogP contribution in [-0.2, 0) is 10.0 Å². The van der Waals surface area contributed by atoms with Crippen LogP contribution in [0.4, 0.5) is 5.69 Å². The van der Waals surface area contributed by atoms with Crippen molar-refractivity contribution in [3.05, 3.63) is 99.5 Å². The topological polar surface area (TPSA) is 90.0 Å². The Hall–Kier alpha value is -2.62. The molecule has 0 bridgehead atoms. The molecule has 1 aliphatic heterocycles. The van der Waals surface area contributed by atoms with Gasteiger partial charge in [-0.05, 0) is 66.4 Å². The Morgan fingerprint density at radius 1 is 1.00 bits per heavy atom. The molecule has 2 N–H and O–H groups in total. The minimum Gasteiger partial charge on any atom is -0.394 e. The molecule has 2 fully saturated rings. The molecular weight excluding hydrogens is 569 g/mol. The maximum Gasteiger partial charge on any atom is 0.251 e. The molecule has 10 heteroatoms. The summed E-state index contributed by atoms with van der Waals surface area (Å²) in [6, 6.07) is 21.6. The van der Waals surface area contributed by atoms with E-state index in [1.54, 1.807) is 24.3 Å². The molecule has 0 aromatic heterocycles. The fourth-order valence-corrected chi connectivity index (χ4v) is 7.32. The van der Waals surface area contributed by atoms with Crippen LogP contribution in [0, 0.1) is 0 Å². The number of hydrogen-bond donors (Lipinski definition) is 2. The van der Waals surface area contributed by atoms with Crippen LogP contribution in [0.3, 0.4) is 0 Å². The number of aliphatic hydroxyl groups excluding tert-OH is 1. The largest absolute Gasteiger partial charge is 0.394 e. The predicted octanol–water partition coefficient (Wildman–Crippen LogP) is 5.27. The smallest absolute Gasteiger partial charge is 0.251 e. The van der Waals surface area contributed by atoms with Crippen molar-refractivity contribution >= 4 is 44.8 Å². The number of nitrogens with one attached hydrogen (secondary N) is 1. The molecule has 0 radical (unpaired) electrons. The summed E-state index contributed by atoms with van der Waals surface area (Å²) in [7, 11) is -3.65. The first-order valence-electron chi connectivity index (χ1n) is 13.4. The van der Waals surface area contributed by atoms with Crippen molar-refractivity contribution in [3.8, 4) is 0 Å². The van der Waals surface area contributed by atoms with E-state index in [9.17, 15) is 18.3 Å². The fraction of sp³-hybridized carbons (Fsp3) is 0.367. The van der Waals surface area contributed by atoms with E-state index in [0.29, 0.717) is 34.4 Å². The first-order valence-corrected chi connectivity index (χ1v) is 16.0. The van der Waals surface area contributed by atoms with Crippen LogP contribution in [0.5, 0.6) is 0 Å². The highest BCUT2D eigenvalue weighted by atomic mass is 35.5. The van der Waals surface area contributed by atoms with Crippen LogP contribution >= 0.6 is 23.2 Å². The van der Waals surface area contributed by atoms with Gasteiger partial charge in [0.25, 0.3) is 5.91 Å². The lowest BCUT2D eigenvalue weighted by Crippen LogP contribution is -2.61. The minimum absolute atomic E-state index is 0.106. The van der Waals surface area contributed by atoms with Gasteiger partial charge >= 0.3 is 0 Å². The lowest BCUT2D eigenvalue weighted by molar-refractivity contribution is 0.0838. The zero-order valence-electron chi connectivity index (χ0n) is 22.3. The van der Waals surface area contributed by atoms with Gasteiger partial charge in [-0.1, -0.05) is 66.4 Å². The van der Waals surface area contributed by atoms with Crippen LogP contribution in [0.15, 0.2) is 72.8 Å². The molecule has 1 heterocycles. The third-order valence-corrected chi connectivity index (χ3v) is 9.65.